The van der Waals surface area contributed by atoms with Gasteiger partial charge < -0.3 is 19.2 Å². The number of carbonyl (C=O) groups is 1. The number of benzene rings is 1. The number of aromatic nitrogens is 3. The molecule has 0 spiro atoms. The van der Waals surface area contributed by atoms with Crippen molar-refractivity contribution in [2.75, 3.05) is 0 Å². The fourth-order valence-electron chi connectivity index (χ4n) is 2.94. The number of rotatable bonds is 5. The van der Waals surface area contributed by atoms with Crippen LogP contribution in [0.3, 0.4) is 0 Å². The van der Waals surface area contributed by atoms with Gasteiger partial charge in [-0.2, -0.15) is 0 Å². The maximum absolute atomic E-state index is 13.9. The standard InChI is InChI=1S/C18H17FN4O3/c1-11-4-5-14(7-16(11)19)22-12(2)6-15(13(22)3)17(24)8-21-9-18(20-10-21)23(25)26/h4-7,9-10H,8H2,1-3H3. The van der Waals surface area contributed by atoms with Crippen LogP contribution in [0, 0.1) is 36.7 Å². The normalized spacial score (nSPS) is 10.9. The van der Waals surface area contributed by atoms with Crippen LogP contribution in [0.2, 0.25) is 0 Å². The van der Waals surface area contributed by atoms with Crippen molar-refractivity contribution < 1.29 is 14.1 Å². The van der Waals surface area contributed by atoms with E-state index in [1.54, 1.807) is 32.0 Å². The maximum Gasteiger partial charge on any atom is 0.381 e. The molecule has 7 nitrogen and oxygen atoms in total. The molecular weight excluding hydrogens is 339 g/mol. The molecule has 134 valence electrons. The SMILES string of the molecule is Cc1ccc(-n2c(C)cc(C(=O)Cn3cnc([N+](=O)[O-])c3)c2C)cc1F. The second-order valence-electron chi connectivity index (χ2n) is 6.14. The molecule has 0 unspecified atom stereocenters. The molecule has 0 aliphatic heterocycles. The number of hydrogen-bond donors (Lipinski definition) is 0. The Morgan fingerprint density at radius 2 is 2.00 bits per heavy atom. The van der Waals surface area contributed by atoms with E-state index in [1.165, 1.54) is 23.2 Å². The Morgan fingerprint density at radius 1 is 1.27 bits per heavy atom. The van der Waals surface area contributed by atoms with E-state index in [4.69, 9.17) is 0 Å². The number of carbonyl (C=O) groups excluding carboxylic acids is 1. The largest absolute Gasteiger partial charge is 0.381 e. The first-order chi connectivity index (χ1) is 12.3. The van der Waals surface area contributed by atoms with Crippen molar-refractivity contribution in [3.63, 3.8) is 0 Å². The fourth-order valence-corrected chi connectivity index (χ4v) is 2.94. The molecule has 0 N–H and O–H groups in total. The minimum atomic E-state index is -0.612. The van der Waals surface area contributed by atoms with Gasteiger partial charge >= 0.3 is 5.82 Å². The summed E-state index contributed by atoms with van der Waals surface area (Å²) in [5.74, 6) is -0.823. The summed E-state index contributed by atoms with van der Waals surface area (Å²) >= 11 is 0. The first-order valence-corrected chi connectivity index (χ1v) is 7.92. The number of imidazole rings is 1. The van der Waals surface area contributed by atoms with Gasteiger partial charge in [0.2, 0.25) is 6.33 Å². The summed E-state index contributed by atoms with van der Waals surface area (Å²) < 4.78 is 17.1. The van der Waals surface area contributed by atoms with Crippen LogP contribution in [0.5, 0.6) is 0 Å². The summed E-state index contributed by atoms with van der Waals surface area (Å²) in [5, 5.41) is 10.7. The number of aryl methyl sites for hydroxylation is 2. The van der Waals surface area contributed by atoms with Crippen molar-refractivity contribution in [2.45, 2.75) is 27.3 Å². The maximum atomic E-state index is 13.9. The fraction of sp³-hybridized carbons (Fsp3) is 0.222. The minimum Gasteiger partial charge on any atom is -0.358 e. The second kappa shape index (κ2) is 6.55. The Kier molecular flexibility index (Phi) is 4.41. The van der Waals surface area contributed by atoms with Crippen LogP contribution in [0.15, 0.2) is 36.8 Å². The topological polar surface area (TPSA) is 83.0 Å². The van der Waals surface area contributed by atoms with Crippen molar-refractivity contribution in [1.82, 2.24) is 14.1 Å². The predicted molar refractivity (Wildman–Crippen MR) is 93.1 cm³/mol. The zero-order valence-electron chi connectivity index (χ0n) is 14.6. The Balaban J connectivity index is 1.92. The lowest BCUT2D eigenvalue weighted by molar-refractivity contribution is -0.389. The third-order valence-corrected chi connectivity index (χ3v) is 4.28. The van der Waals surface area contributed by atoms with Gasteiger partial charge in [0, 0.05) is 22.6 Å². The lowest BCUT2D eigenvalue weighted by Crippen LogP contribution is -2.10. The number of nitrogens with zero attached hydrogens (tertiary/aromatic N) is 4. The molecule has 0 saturated carbocycles. The summed E-state index contributed by atoms with van der Waals surface area (Å²) in [6.45, 7) is 5.25. The van der Waals surface area contributed by atoms with E-state index in [1.807, 2.05) is 11.5 Å². The number of nitro groups is 1. The van der Waals surface area contributed by atoms with E-state index >= 15 is 0 Å². The molecule has 2 heterocycles. The van der Waals surface area contributed by atoms with Gasteiger partial charge in [-0.3, -0.25) is 4.79 Å². The van der Waals surface area contributed by atoms with E-state index in [9.17, 15) is 19.3 Å². The van der Waals surface area contributed by atoms with Crippen LogP contribution < -0.4 is 0 Å². The first-order valence-electron chi connectivity index (χ1n) is 7.92. The molecule has 0 atom stereocenters. The van der Waals surface area contributed by atoms with Crippen molar-refractivity contribution in [2.24, 2.45) is 0 Å². The van der Waals surface area contributed by atoms with E-state index in [0.717, 1.165) is 5.69 Å². The lowest BCUT2D eigenvalue weighted by atomic mass is 10.1. The Hall–Kier alpha value is -3.29. The van der Waals surface area contributed by atoms with Gasteiger partial charge in [-0.25, -0.2) is 4.39 Å². The monoisotopic (exact) mass is 356 g/mol. The van der Waals surface area contributed by atoms with Gasteiger partial charge in [0.05, 0.1) is 6.54 Å². The van der Waals surface area contributed by atoms with Crippen LogP contribution in [-0.2, 0) is 6.54 Å². The number of Topliss-reactive ketones (excluding diaryl/α,β-unsaturated/α-hetero) is 1. The smallest absolute Gasteiger partial charge is 0.358 e. The van der Waals surface area contributed by atoms with E-state index in [2.05, 4.69) is 4.98 Å². The van der Waals surface area contributed by atoms with E-state index in [-0.39, 0.29) is 24.0 Å². The Bertz CT molecular complexity index is 1020. The zero-order chi connectivity index (χ0) is 19.0. The molecule has 26 heavy (non-hydrogen) atoms. The first kappa shape index (κ1) is 17.5. The lowest BCUT2D eigenvalue weighted by Gasteiger charge is -2.11. The van der Waals surface area contributed by atoms with Crippen LogP contribution in [-0.4, -0.2) is 24.8 Å². The zero-order valence-corrected chi connectivity index (χ0v) is 14.6. The quantitative estimate of drug-likeness (QED) is 0.398. The molecule has 0 saturated heterocycles. The third-order valence-electron chi connectivity index (χ3n) is 4.28. The van der Waals surface area contributed by atoms with Gasteiger partial charge in [0.25, 0.3) is 0 Å². The number of ketones is 1. The van der Waals surface area contributed by atoms with E-state index in [0.29, 0.717) is 22.5 Å². The molecule has 0 aliphatic rings. The molecule has 3 aromatic rings. The van der Waals surface area contributed by atoms with Gasteiger partial charge in [-0.1, -0.05) is 6.07 Å². The van der Waals surface area contributed by atoms with Crippen molar-refractivity contribution in [1.29, 1.82) is 0 Å². The van der Waals surface area contributed by atoms with Crippen molar-refractivity contribution in [3.8, 4) is 5.69 Å². The van der Waals surface area contributed by atoms with Crippen molar-refractivity contribution >= 4 is 11.6 Å². The highest BCUT2D eigenvalue weighted by Gasteiger charge is 2.19. The molecule has 0 fully saturated rings. The highest BCUT2D eigenvalue weighted by atomic mass is 19.1. The van der Waals surface area contributed by atoms with Gasteiger partial charge in [0.1, 0.15) is 12.0 Å². The predicted octanol–water partition coefficient (Wildman–Crippen LogP) is 3.53. The van der Waals surface area contributed by atoms with Gasteiger partial charge in [-0.05, 0) is 54.4 Å². The highest BCUT2D eigenvalue weighted by Crippen LogP contribution is 2.23. The molecule has 8 heteroatoms. The summed E-state index contributed by atoms with van der Waals surface area (Å²) in [5.41, 5.74) is 3.16. The van der Waals surface area contributed by atoms with Gasteiger partial charge in [0.15, 0.2) is 5.78 Å². The molecule has 1 aromatic carbocycles. The third kappa shape index (κ3) is 3.13. The molecule has 0 aliphatic carbocycles. The second-order valence-corrected chi connectivity index (χ2v) is 6.14. The molecule has 0 amide bonds. The van der Waals surface area contributed by atoms with Crippen LogP contribution in [0.4, 0.5) is 10.2 Å². The molecule has 3 rings (SSSR count). The van der Waals surface area contributed by atoms with Crippen LogP contribution in [0.1, 0.15) is 27.3 Å². The summed E-state index contributed by atoms with van der Waals surface area (Å²) in [6.07, 6.45) is 2.47. The molecule has 2 aromatic heterocycles. The summed E-state index contributed by atoms with van der Waals surface area (Å²) in [6, 6.07) is 6.66. The highest BCUT2D eigenvalue weighted by molar-refractivity contribution is 5.97. The number of hydrogen-bond acceptors (Lipinski definition) is 4. The van der Waals surface area contributed by atoms with Gasteiger partial charge in [-0.15, -0.1) is 0 Å². The summed E-state index contributed by atoms with van der Waals surface area (Å²) in [7, 11) is 0. The average molecular weight is 356 g/mol. The summed E-state index contributed by atoms with van der Waals surface area (Å²) in [4.78, 5) is 26.3. The van der Waals surface area contributed by atoms with Crippen LogP contribution >= 0.6 is 0 Å². The van der Waals surface area contributed by atoms with Crippen LogP contribution in [0.25, 0.3) is 5.69 Å². The Morgan fingerprint density at radius 3 is 2.62 bits per heavy atom. The average Bonchev–Trinajstić information content (AvgIpc) is 3.15. The molecule has 0 bridgehead atoms. The number of halogens is 1. The minimum absolute atomic E-state index is 0.0621. The van der Waals surface area contributed by atoms with E-state index < -0.39 is 4.92 Å². The van der Waals surface area contributed by atoms with Crippen molar-refractivity contribution in [3.05, 3.63) is 75.2 Å². The molecular formula is C18H17FN4O3. The Labute approximate surface area is 148 Å². The molecule has 0 radical (unpaired) electrons.